The van der Waals surface area contributed by atoms with E-state index in [2.05, 4.69) is 6.58 Å². The fourth-order valence-electron chi connectivity index (χ4n) is 2.54. The summed E-state index contributed by atoms with van der Waals surface area (Å²) in [6.45, 7) is 5.52. The maximum Gasteiger partial charge on any atom is 0.269 e. The molecule has 0 spiro atoms. The highest BCUT2D eigenvalue weighted by atomic mass is 32.2. The molecule has 0 amide bonds. The van der Waals surface area contributed by atoms with Crippen molar-refractivity contribution in [2.45, 2.75) is 18.4 Å². The summed E-state index contributed by atoms with van der Waals surface area (Å²) in [6, 6.07) is 11.3. The van der Waals surface area contributed by atoms with Crippen molar-refractivity contribution < 1.29 is 12.8 Å². The van der Waals surface area contributed by atoms with Crippen LogP contribution in [-0.4, -0.2) is 13.0 Å². The van der Waals surface area contributed by atoms with Crippen molar-refractivity contribution in [1.82, 2.24) is 4.57 Å². The lowest BCUT2D eigenvalue weighted by Gasteiger charge is -2.04. The van der Waals surface area contributed by atoms with E-state index in [9.17, 15) is 18.5 Å². The number of thiazole rings is 1. The standard InChI is InChI=1S/C20H16N2O4S2/c1-3-10-22-19(23)17(12-15-5-4-11-26-15)27-20(22)18(13-21)28(24,25)16-8-6-14(2)7-9-16/h3-9,11-12H,1,10H2,2H3/b17-12+,20-18+. The molecule has 0 N–H and O–H groups in total. The van der Waals surface area contributed by atoms with E-state index in [0.717, 1.165) is 16.9 Å². The molecule has 3 aromatic rings. The van der Waals surface area contributed by atoms with E-state index in [4.69, 9.17) is 4.42 Å². The van der Waals surface area contributed by atoms with Gasteiger partial charge in [0.15, 0.2) is 4.91 Å². The molecule has 0 saturated heterocycles. The zero-order chi connectivity index (χ0) is 20.3. The first-order chi connectivity index (χ1) is 13.4. The number of aromatic nitrogens is 1. The average Bonchev–Trinajstić information content (AvgIpc) is 3.27. The Morgan fingerprint density at radius 1 is 1.32 bits per heavy atom. The number of furan rings is 1. The van der Waals surface area contributed by atoms with Gasteiger partial charge in [0.1, 0.15) is 16.5 Å². The SMILES string of the molecule is C=CCn1c(=O)/c(=C\c2ccco2)s/c1=C(\C#N)S(=O)(=O)c1ccc(C)cc1. The van der Waals surface area contributed by atoms with E-state index in [1.807, 2.05) is 6.92 Å². The Morgan fingerprint density at radius 2 is 2.04 bits per heavy atom. The molecular weight excluding hydrogens is 396 g/mol. The number of sulfone groups is 1. The molecule has 2 aromatic heterocycles. The van der Waals surface area contributed by atoms with Crippen molar-refractivity contribution in [3.05, 3.63) is 86.2 Å². The van der Waals surface area contributed by atoms with Crippen LogP contribution in [0.15, 0.2) is 69.4 Å². The number of hydrogen-bond donors (Lipinski definition) is 0. The van der Waals surface area contributed by atoms with Crippen LogP contribution in [0.1, 0.15) is 11.3 Å². The average molecular weight is 412 g/mol. The molecule has 0 bridgehead atoms. The number of allylic oxidation sites excluding steroid dienone is 1. The fourth-order valence-corrected chi connectivity index (χ4v) is 5.18. The lowest BCUT2D eigenvalue weighted by molar-refractivity contribution is 0.556. The van der Waals surface area contributed by atoms with Crippen molar-refractivity contribution in [3.63, 3.8) is 0 Å². The number of benzene rings is 1. The molecule has 8 heteroatoms. The second-order valence-electron chi connectivity index (χ2n) is 5.89. The highest BCUT2D eigenvalue weighted by Gasteiger charge is 2.24. The predicted molar refractivity (Wildman–Crippen MR) is 108 cm³/mol. The van der Waals surface area contributed by atoms with Gasteiger partial charge in [0.25, 0.3) is 5.56 Å². The molecule has 0 aliphatic rings. The van der Waals surface area contributed by atoms with E-state index in [1.165, 1.54) is 35.1 Å². The molecule has 0 fully saturated rings. The van der Waals surface area contributed by atoms with Crippen LogP contribution in [0.4, 0.5) is 0 Å². The Labute approximate surface area is 165 Å². The van der Waals surface area contributed by atoms with Crippen molar-refractivity contribution in [2.24, 2.45) is 0 Å². The highest BCUT2D eigenvalue weighted by molar-refractivity contribution is 8.00. The zero-order valence-corrected chi connectivity index (χ0v) is 16.6. The Kier molecular flexibility index (Phi) is 5.49. The minimum Gasteiger partial charge on any atom is -0.465 e. The summed E-state index contributed by atoms with van der Waals surface area (Å²) in [5, 5.41) is 9.65. The van der Waals surface area contributed by atoms with E-state index in [0.29, 0.717) is 5.76 Å². The summed E-state index contributed by atoms with van der Waals surface area (Å²) in [5.41, 5.74) is 0.482. The number of nitrogens with zero attached hydrogens (tertiary/aromatic N) is 2. The molecule has 3 rings (SSSR count). The van der Waals surface area contributed by atoms with Gasteiger partial charge in [-0.3, -0.25) is 9.36 Å². The molecule has 0 unspecified atom stereocenters. The molecule has 0 atom stereocenters. The Morgan fingerprint density at radius 3 is 2.61 bits per heavy atom. The van der Waals surface area contributed by atoms with E-state index < -0.39 is 20.3 Å². The van der Waals surface area contributed by atoms with Crippen molar-refractivity contribution in [2.75, 3.05) is 0 Å². The van der Waals surface area contributed by atoms with Crippen LogP contribution in [-0.2, 0) is 16.4 Å². The summed E-state index contributed by atoms with van der Waals surface area (Å²) in [7, 11) is -4.09. The second kappa shape index (κ2) is 7.84. The van der Waals surface area contributed by atoms with Crippen LogP contribution < -0.4 is 14.8 Å². The Bertz CT molecular complexity index is 1340. The molecule has 0 radical (unpaired) electrons. The maximum atomic E-state index is 13.0. The van der Waals surface area contributed by atoms with Crippen LogP contribution >= 0.6 is 11.3 Å². The minimum atomic E-state index is -4.09. The van der Waals surface area contributed by atoms with E-state index >= 15 is 0 Å². The van der Waals surface area contributed by atoms with Crippen LogP contribution in [0.3, 0.4) is 0 Å². The summed E-state index contributed by atoms with van der Waals surface area (Å²) in [5.74, 6) is 0.454. The molecule has 28 heavy (non-hydrogen) atoms. The largest absolute Gasteiger partial charge is 0.465 e. The van der Waals surface area contributed by atoms with Crippen LogP contribution in [0.2, 0.25) is 0 Å². The van der Waals surface area contributed by atoms with Crippen molar-refractivity contribution in [3.8, 4) is 6.07 Å². The summed E-state index contributed by atoms with van der Waals surface area (Å²) < 4.78 is 32.9. The van der Waals surface area contributed by atoms with Gasteiger partial charge < -0.3 is 4.42 Å². The third-order valence-corrected chi connectivity index (χ3v) is 6.91. The lowest BCUT2D eigenvalue weighted by atomic mass is 10.2. The van der Waals surface area contributed by atoms with E-state index in [1.54, 1.807) is 30.3 Å². The van der Waals surface area contributed by atoms with Crippen LogP contribution in [0.5, 0.6) is 0 Å². The molecule has 1 aromatic carbocycles. The molecule has 0 saturated carbocycles. The molecule has 0 aliphatic heterocycles. The predicted octanol–water partition coefficient (Wildman–Crippen LogP) is 1.93. The van der Waals surface area contributed by atoms with Gasteiger partial charge in [-0.1, -0.05) is 23.8 Å². The fraction of sp³-hybridized carbons (Fsp3) is 0.100. The third-order valence-electron chi connectivity index (χ3n) is 3.93. The second-order valence-corrected chi connectivity index (χ2v) is 8.81. The van der Waals surface area contributed by atoms with Gasteiger partial charge in [0, 0.05) is 12.6 Å². The summed E-state index contributed by atoms with van der Waals surface area (Å²) >= 11 is 0.930. The van der Waals surface area contributed by atoms with Crippen LogP contribution in [0, 0.1) is 18.3 Å². The topological polar surface area (TPSA) is 93.1 Å². The quantitative estimate of drug-likeness (QED) is 0.597. The summed E-state index contributed by atoms with van der Waals surface area (Å²) in [6.07, 6.45) is 4.46. The van der Waals surface area contributed by atoms with Gasteiger partial charge >= 0.3 is 0 Å². The van der Waals surface area contributed by atoms with Gasteiger partial charge in [-0.25, -0.2) is 8.42 Å². The maximum absolute atomic E-state index is 13.0. The number of nitriles is 1. The van der Waals surface area contributed by atoms with Gasteiger partial charge in [0.2, 0.25) is 9.84 Å². The molecule has 6 nitrogen and oxygen atoms in total. The minimum absolute atomic E-state index is 0.00258. The molecular formula is C20H16N2O4S2. The first kappa shape index (κ1) is 19.6. The molecule has 142 valence electrons. The molecule has 0 aliphatic carbocycles. The first-order valence-electron chi connectivity index (χ1n) is 8.20. The number of hydrogen-bond acceptors (Lipinski definition) is 6. The first-order valence-corrected chi connectivity index (χ1v) is 10.5. The monoisotopic (exact) mass is 412 g/mol. The normalized spacial score (nSPS) is 13.2. The smallest absolute Gasteiger partial charge is 0.269 e. The van der Waals surface area contributed by atoms with Gasteiger partial charge in [-0.05, 0) is 31.2 Å². The third kappa shape index (κ3) is 3.63. The van der Waals surface area contributed by atoms with Gasteiger partial charge in [-0.2, -0.15) is 5.26 Å². The number of rotatable bonds is 5. The summed E-state index contributed by atoms with van der Waals surface area (Å²) in [4.78, 5) is 12.3. The Balaban J connectivity index is 2.37. The van der Waals surface area contributed by atoms with Gasteiger partial charge in [-0.15, -0.1) is 17.9 Å². The molecule has 2 heterocycles. The van der Waals surface area contributed by atoms with Crippen molar-refractivity contribution >= 4 is 32.2 Å². The Hall–Kier alpha value is -3.15. The zero-order valence-electron chi connectivity index (χ0n) is 15.0. The van der Waals surface area contributed by atoms with Gasteiger partial charge in [0.05, 0.1) is 15.7 Å². The van der Waals surface area contributed by atoms with Crippen LogP contribution in [0.25, 0.3) is 11.0 Å². The van der Waals surface area contributed by atoms with Crippen molar-refractivity contribution in [1.29, 1.82) is 5.26 Å². The highest BCUT2D eigenvalue weighted by Crippen LogP contribution is 2.19. The van der Waals surface area contributed by atoms with E-state index in [-0.39, 0.29) is 20.6 Å². The lowest BCUT2D eigenvalue weighted by Crippen LogP contribution is -2.32. The number of aryl methyl sites for hydroxylation is 1.